The van der Waals surface area contributed by atoms with Crippen molar-refractivity contribution in [3.05, 3.63) is 28.2 Å². The Kier molecular flexibility index (Phi) is 4.35. The van der Waals surface area contributed by atoms with Crippen LogP contribution >= 0.6 is 0 Å². The largest absolute Gasteiger partial charge is 0.480 e. The quantitative estimate of drug-likeness (QED) is 0.487. The van der Waals surface area contributed by atoms with Crippen molar-refractivity contribution in [2.75, 3.05) is 6.61 Å². The minimum atomic E-state index is -1.25. The van der Waals surface area contributed by atoms with Crippen molar-refractivity contribution in [1.82, 2.24) is 15.5 Å². The van der Waals surface area contributed by atoms with E-state index in [2.05, 4.69) is 15.5 Å². The maximum absolute atomic E-state index is 11.5. The van der Waals surface area contributed by atoms with Gasteiger partial charge >= 0.3 is 5.97 Å². The van der Waals surface area contributed by atoms with E-state index in [9.17, 15) is 14.4 Å². The summed E-state index contributed by atoms with van der Waals surface area (Å²) in [5.74, 6) is -1.99. The molecule has 0 spiro atoms. The van der Waals surface area contributed by atoms with Crippen LogP contribution in [0.2, 0.25) is 0 Å². The Hall–Kier alpha value is -2.22. The molecular formula is C9H11N3O5. The van der Waals surface area contributed by atoms with Gasteiger partial charge in [-0.2, -0.15) is 5.10 Å². The molecule has 8 nitrogen and oxygen atoms in total. The van der Waals surface area contributed by atoms with Crippen molar-refractivity contribution in [3.63, 3.8) is 0 Å². The van der Waals surface area contributed by atoms with Crippen LogP contribution in [0.25, 0.3) is 0 Å². The van der Waals surface area contributed by atoms with Crippen molar-refractivity contribution in [2.24, 2.45) is 0 Å². The maximum atomic E-state index is 11.5. The molecular weight excluding hydrogens is 230 g/mol. The van der Waals surface area contributed by atoms with Gasteiger partial charge in [0.05, 0.1) is 0 Å². The van der Waals surface area contributed by atoms with Gasteiger partial charge < -0.3 is 15.5 Å². The topological polar surface area (TPSA) is 132 Å². The Morgan fingerprint density at radius 3 is 2.65 bits per heavy atom. The van der Waals surface area contributed by atoms with Crippen LogP contribution in [0.15, 0.2) is 16.9 Å². The molecule has 4 N–H and O–H groups in total. The van der Waals surface area contributed by atoms with E-state index in [1.807, 2.05) is 0 Å². The molecule has 1 rings (SSSR count). The summed E-state index contributed by atoms with van der Waals surface area (Å²) in [6.07, 6.45) is -0.107. The molecule has 0 aliphatic heterocycles. The van der Waals surface area contributed by atoms with Gasteiger partial charge in [0, 0.05) is 19.1 Å². The van der Waals surface area contributed by atoms with Gasteiger partial charge in [0.25, 0.3) is 11.5 Å². The van der Waals surface area contributed by atoms with Gasteiger partial charge in [0.15, 0.2) is 0 Å². The second-order valence-corrected chi connectivity index (χ2v) is 3.18. The molecule has 1 atom stereocenters. The number of nitrogens with zero attached hydrogens (tertiary/aromatic N) is 1. The third-order valence-electron chi connectivity index (χ3n) is 1.93. The average Bonchev–Trinajstić information content (AvgIpc) is 2.29. The average molecular weight is 241 g/mol. The molecule has 0 radical (unpaired) electrons. The Bertz CT molecular complexity index is 449. The number of aliphatic hydroxyl groups excluding tert-OH is 1. The SMILES string of the molecule is O=C(N[C@H](CCO)C(=O)O)c1ccc(=O)[nH]n1. The van der Waals surface area contributed by atoms with Crippen LogP contribution in [0.1, 0.15) is 16.9 Å². The number of H-pyrrole nitrogens is 1. The molecule has 1 amide bonds. The van der Waals surface area contributed by atoms with Crippen LogP contribution in [0.4, 0.5) is 0 Å². The lowest BCUT2D eigenvalue weighted by Gasteiger charge is -2.12. The maximum Gasteiger partial charge on any atom is 0.326 e. The van der Waals surface area contributed by atoms with E-state index in [4.69, 9.17) is 10.2 Å². The lowest BCUT2D eigenvalue weighted by atomic mass is 10.2. The fourth-order valence-corrected chi connectivity index (χ4v) is 1.09. The summed E-state index contributed by atoms with van der Waals surface area (Å²) >= 11 is 0. The first kappa shape index (κ1) is 12.8. The van der Waals surface area contributed by atoms with E-state index in [0.29, 0.717) is 0 Å². The van der Waals surface area contributed by atoms with Crippen LogP contribution in [0, 0.1) is 0 Å². The summed E-state index contributed by atoms with van der Waals surface area (Å²) < 4.78 is 0. The summed E-state index contributed by atoms with van der Waals surface area (Å²) in [7, 11) is 0. The molecule has 1 heterocycles. The summed E-state index contributed by atoms with van der Waals surface area (Å²) in [6.45, 7) is -0.365. The second kappa shape index (κ2) is 5.75. The third-order valence-corrected chi connectivity index (χ3v) is 1.93. The molecule has 0 unspecified atom stereocenters. The molecule has 8 heteroatoms. The summed E-state index contributed by atoms with van der Waals surface area (Å²) in [6, 6.07) is 1.08. The summed E-state index contributed by atoms with van der Waals surface area (Å²) in [5, 5.41) is 25.0. The highest BCUT2D eigenvalue weighted by atomic mass is 16.4. The number of amides is 1. The van der Waals surface area contributed by atoms with Gasteiger partial charge in [-0.05, 0) is 6.07 Å². The Morgan fingerprint density at radius 2 is 2.18 bits per heavy atom. The first-order chi connectivity index (χ1) is 8.04. The van der Waals surface area contributed by atoms with Crippen LogP contribution in [-0.4, -0.2) is 44.9 Å². The highest BCUT2D eigenvalue weighted by Crippen LogP contribution is 1.95. The van der Waals surface area contributed by atoms with E-state index < -0.39 is 23.5 Å². The molecule has 0 fully saturated rings. The lowest BCUT2D eigenvalue weighted by Crippen LogP contribution is -2.41. The minimum absolute atomic E-state index is 0.103. The molecule has 0 aliphatic rings. The normalized spacial score (nSPS) is 11.8. The van der Waals surface area contributed by atoms with E-state index in [-0.39, 0.29) is 18.7 Å². The number of aromatic nitrogens is 2. The number of nitrogens with one attached hydrogen (secondary N) is 2. The first-order valence-corrected chi connectivity index (χ1v) is 4.75. The van der Waals surface area contributed by atoms with E-state index >= 15 is 0 Å². The fraction of sp³-hybridized carbons (Fsp3) is 0.333. The van der Waals surface area contributed by atoms with Crippen molar-refractivity contribution in [2.45, 2.75) is 12.5 Å². The lowest BCUT2D eigenvalue weighted by molar-refractivity contribution is -0.139. The first-order valence-electron chi connectivity index (χ1n) is 4.75. The standard InChI is InChI=1S/C9H11N3O5/c13-4-3-6(9(16)17)10-8(15)5-1-2-7(14)12-11-5/h1-2,6,13H,3-4H2,(H,10,15)(H,12,14)(H,16,17)/t6-/m1/s1. The highest BCUT2D eigenvalue weighted by Gasteiger charge is 2.20. The number of carboxylic acids is 1. The fourth-order valence-electron chi connectivity index (χ4n) is 1.09. The molecule has 17 heavy (non-hydrogen) atoms. The van der Waals surface area contributed by atoms with Gasteiger partial charge in [-0.25, -0.2) is 9.89 Å². The van der Waals surface area contributed by atoms with Crippen molar-refractivity contribution >= 4 is 11.9 Å². The number of carbonyl (C=O) groups is 2. The van der Waals surface area contributed by atoms with Crippen molar-refractivity contribution < 1.29 is 19.8 Å². The molecule has 0 aromatic carbocycles. The molecule has 0 bridgehead atoms. The molecule has 0 saturated heterocycles. The van der Waals surface area contributed by atoms with Gasteiger partial charge in [0.1, 0.15) is 11.7 Å². The number of rotatable bonds is 5. The van der Waals surface area contributed by atoms with Crippen LogP contribution < -0.4 is 10.9 Å². The molecule has 92 valence electrons. The number of hydrogen-bond donors (Lipinski definition) is 4. The van der Waals surface area contributed by atoms with Crippen LogP contribution in [0.5, 0.6) is 0 Å². The van der Waals surface area contributed by atoms with Crippen LogP contribution in [0.3, 0.4) is 0 Å². The zero-order chi connectivity index (χ0) is 12.8. The van der Waals surface area contributed by atoms with E-state index in [1.54, 1.807) is 0 Å². The van der Waals surface area contributed by atoms with Crippen molar-refractivity contribution in [1.29, 1.82) is 0 Å². The number of aliphatic hydroxyl groups is 1. The number of aromatic amines is 1. The van der Waals surface area contributed by atoms with Crippen LogP contribution in [-0.2, 0) is 4.79 Å². The summed E-state index contributed by atoms with van der Waals surface area (Å²) in [5.41, 5.74) is -0.569. The van der Waals surface area contributed by atoms with Gasteiger partial charge in [-0.1, -0.05) is 0 Å². The van der Waals surface area contributed by atoms with Gasteiger partial charge in [-0.15, -0.1) is 0 Å². The second-order valence-electron chi connectivity index (χ2n) is 3.18. The summed E-state index contributed by atoms with van der Waals surface area (Å²) in [4.78, 5) is 32.9. The van der Waals surface area contributed by atoms with Gasteiger partial charge in [0.2, 0.25) is 0 Å². The van der Waals surface area contributed by atoms with E-state index in [1.165, 1.54) is 6.07 Å². The zero-order valence-electron chi connectivity index (χ0n) is 8.71. The Labute approximate surface area is 95.3 Å². The minimum Gasteiger partial charge on any atom is -0.480 e. The van der Waals surface area contributed by atoms with Crippen molar-refractivity contribution in [3.8, 4) is 0 Å². The number of carbonyl (C=O) groups excluding carboxylic acids is 1. The van der Waals surface area contributed by atoms with Gasteiger partial charge in [-0.3, -0.25) is 9.59 Å². The smallest absolute Gasteiger partial charge is 0.326 e. The number of carboxylic acid groups (broad SMARTS) is 1. The zero-order valence-corrected chi connectivity index (χ0v) is 8.71. The molecule has 0 aliphatic carbocycles. The predicted molar refractivity (Wildman–Crippen MR) is 55.5 cm³/mol. The molecule has 0 saturated carbocycles. The van der Waals surface area contributed by atoms with E-state index in [0.717, 1.165) is 6.07 Å². The molecule has 1 aromatic rings. The monoisotopic (exact) mass is 241 g/mol. The molecule has 1 aromatic heterocycles. The Morgan fingerprint density at radius 1 is 1.47 bits per heavy atom. The predicted octanol–water partition coefficient (Wildman–Crippen LogP) is -1.66. The number of aliphatic carboxylic acids is 1. The Balaban J connectivity index is 2.73. The highest BCUT2D eigenvalue weighted by molar-refractivity contribution is 5.94. The number of hydrogen-bond acceptors (Lipinski definition) is 5. The third kappa shape index (κ3) is 3.68.